The highest BCUT2D eigenvalue weighted by atomic mass is 19.4. The molecule has 0 bridgehead atoms. The first kappa shape index (κ1) is 16.8. The van der Waals surface area contributed by atoms with E-state index in [0.29, 0.717) is 12.3 Å². The lowest BCUT2D eigenvalue weighted by Crippen LogP contribution is -2.29. The van der Waals surface area contributed by atoms with Gasteiger partial charge in [-0.3, -0.25) is 4.79 Å². The van der Waals surface area contributed by atoms with E-state index in [0.717, 1.165) is 31.7 Å². The van der Waals surface area contributed by atoms with Gasteiger partial charge >= 0.3 is 6.18 Å². The third-order valence-corrected chi connectivity index (χ3v) is 4.34. The van der Waals surface area contributed by atoms with Crippen LogP contribution < -0.4 is 0 Å². The molecule has 0 spiro atoms. The number of benzene rings is 1. The molecule has 0 radical (unpaired) electrons. The number of amides is 1. The normalized spacial score (nSPS) is 16.5. The van der Waals surface area contributed by atoms with E-state index in [1.165, 1.54) is 23.5 Å². The molecule has 22 heavy (non-hydrogen) atoms. The summed E-state index contributed by atoms with van der Waals surface area (Å²) < 4.78 is 38.9. The number of hydrogen-bond donors (Lipinski definition) is 0. The molecule has 122 valence electrons. The highest BCUT2D eigenvalue weighted by Crippen LogP contribution is 2.32. The summed E-state index contributed by atoms with van der Waals surface area (Å²) in [5.74, 6) is 0.324. The van der Waals surface area contributed by atoms with Crippen LogP contribution in [-0.2, 0) is 17.5 Å². The summed E-state index contributed by atoms with van der Waals surface area (Å²) in [6, 6.07) is 5.45. The van der Waals surface area contributed by atoms with Crippen LogP contribution in [0.4, 0.5) is 13.2 Å². The molecule has 0 N–H and O–H groups in total. The molecule has 1 aliphatic carbocycles. The Bertz CT molecular complexity index is 507. The van der Waals surface area contributed by atoms with Crippen LogP contribution in [0.2, 0.25) is 0 Å². The van der Waals surface area contributed by atoms with Gasteiger partial charge in [0.05, 0.1) is 5.56 Å². The molecule has 2 rings (SSSR count). The maximum atomic E-state index is 13.0. The molecule has 1 amide bonds. The lowest BCUT2D eigenvalue weighted by atomic mass is 9.86. The van der Waals surface area contributed by atoms with Gasteiger partial charge in [0.2, 0.25) is 5.91 Å². The van der Waals surface area contributed by atoms with Gasteiger partial charge in [-0.2, -0.15) is 13.2 Å². The van der Waals surface area contributed by atoms with Crippen molar-refractivity contribution in [2.75, 3.05) is 7.05 Å². The molecule has 1 aromatic carbocycles. The molecule has 1 fully saturated rings. The van der Waals surface area contributed by atoms with Gasteiger partial charge in [0, 0.05) is 20.0 Å². The third-order valence-electron chi connectivity index (χ3n) is 4.34. The Morgan fingerprint density at radius 3 is 2.45 bits per heavy atom. The highest BCUT2D eigenvalue weighted by molar-refractivity contribution is 5.76. The minimum atomic E-state index is -4.39. The van der Waals surface area contributed by atoms with Crippen LogP contribution in [0, 0.1) is 5.92 Å². The van der Waals surface area contributed by atoms with E-state index in [9.17, 15) is 18.0 Å². The van der Waals surface area contributed by atoms with Crippen LogP contribution in [-0.4, -0.2) is 17.9 Å². The number of nitrogens with zero attached hydrogens (tertiary/aromatic N) is 1. The van der Waals surface area contributed by atoms with Gasteiger partial charge in [0.15, 0.2) is 0 Å². The number of halogens is 3. The SMILES string of the molecule is CN(Cc1ccccc1C(F)(F)F)C(=O)CC1CCCCC1. The van der Waals surface area contributed by atoms with Gasteiger partial charge in [-0.25, -0.2) is 0 Å². The van der Waals surface area contributed by atoms with E-state index in [1.807, 2.05) is 0 Å². The Morgan fingerprint density at radius 1 is 1.18 bits per heavy atom. The molecular formula is C17H22F3NO. The van der Waals surface area contributed by atoms with Gasteiger partial charge in [0.25, 0.3) is 0 Å². The van der Waals surface area contributed by atoms with Crippen molar-refractivity contribution < 1.29 is 18.0 Å². The molecule has 5 heteroatoms. The molecular weight excluding hydrogens is 291 g/mol. The first-order valence-electron chi connectivity index (χ1n) is 7.77. The van der Waals surface area contributed by atoms with Crippen molar-refractivity contribution in [2.24, 2.45) is 5.92 Å². The fraction of sp³-hybridized carbons (Fsp3) is 0.588. The summed E-state index contributed by atoms with van der Waals surface area (Å²) >= 11 is 0. The molecule has 1 aromatic rings. The maximum Gasteiger partial charge on any atom is 0.416 e. The molecule has 0 atom stereocenters. The minimum absolute atomic E-state index is 0.00123. The van der Waals surface area contributed by atoms with Crippen molar-refractivity contribution in [1.82, 2.24) is 4.90 Å². The molecule has 1 saturated carbocycles. The average molecular weight is 313 g/mol. The molecule has 0 unspecified atom stereocenters. The lowest BCUT2D eigenvalue weighted by molar-refractivity contribution is -0.139. The van der Waals surface area contributed by atoms with Crippen LogP contribution in [0.3, 0.4) is 0 Å². The predicted molar refractivity (Wildman–Crippen MR) is 79.1 cm³/mol. The zero-order valence-electron chi connectivity index (χ0n) is 12.8. The Kier molecular flexibility index (Phi) is 5.48. The predicted octanol–water partition coefficient (Wildman–Crippen LogP) is 4.63. The van der Waals surface area contributed by atoms with Gasteiger partial charge in [0.1, 0.15) is 0 Å². The minimum Gasteiger partial charge on any atom is -0.341 e. The van der Waals surface area contributed by atoms with Crippen molar-refractivity contribution in [2.45, 2.75) is 51.2 Å². The topological polar surface area (TPSA) is 20.3 Å². The monoisotopic (exact) mass is 313 g/mol. The van der Waals surface area contributed by atoms with Crippen LogP contribution >= 0.6 is 0 Å². The summed E-state index contributed by atoms with van der Waals surface area (Å²) in [6.45, 7) is 0.00123. The molecule has 1 aliphatic rings. The highest BCUT2D eigenvalue weighted by Gasteiger charge is 2.33. The number of hydrogen-bond acceptors (Lipinski definition) is 1. The summed E-state index contributed by atoms with van der Waals surface area (Å²) in [5, 5.41) is 0. The van der Waals surface area contributed by atoms with Crippen LogP contribution in [0.25, 0.3) is 0 Å². The van der Waals surface area contributed by atoms with Crippen molar-refractivity contribution in [3.8, 4) is 0 Å². The van der Waals surface area contributed by atoms with E-state index in [-0.39, 0.29) is 18.0 Å². The first-order valence-corrected chi connectivity index (χ1v) is 7.77. The van der Waals surface area contributed by atoms with Gasteiger partial charge in [-0.1, -0.05) is 37.5 Å². The number of carbonyl (C=O) groups is 1. The van der Waals surface area contributed by atoms with Crippen molar-refractivity contribution in [1.29, 1.82) is 0 Å². The van der Waals surface area contributed by atoms with Crippen molar-refractivity contribution in [3.05, 3.63) is 35.4 Å². The first-order chi connectivity index (χ1) is 10.4. The number of alkyl halides is 3. The van der Waals surface area contributed by atoms with Crippen LogP contribution in [0.5, 0.6) is 0 Å². The second kappa shape index (κ2) is 7.16. The Hall–Kier alpha value is -1.52. The van der Waals surface area contributed by atoms with E-state index >= 15 is 0 Å². The number of rotatable bonds is 4. The quantitative estimate of drug-likeness (QED) is 0.793. The van der Waals surface area contributed by atoms with Crippen molar-refractivity contribution >= 4 is 5.91 Å². The maximum absolute atomic E-state index is 13.0. The summed E-state index contributed by atoms with van der Waals surface area (Å²) in [4.78, 5) is 13.6. The van der Waals surface area contributed by atoms with E-state index in [2.05, 4.69) is 0 Å². The van der Waals surface area contributed by atoms with E-state index < -0.39 is 11.7 Å². The van der Waals surface area contributed by atoms with Crippen LogP contribution in [0.1, 0.15) is 49.7 Å². The second-order valence-electron chi connectivity index (χ2n) is 6.11. The molecule has 0 aromatic heterocycles. The van der Waals surface area contributed by atoms with E-state index in [4.69, 9.17) is 0 Å². The van der Waals surface area contributed by atoms with E-state index in [1.54, 1.807) is 13.1 Å². The van der Waals surface area contributed by atoms with Gasteiger partial charge in [-0.15, -0.1) is 0 Å². The Balaban J connectivity index is 1.99. The fourth-order valence-corrected chi connectivity index (χ4v) is 3.07. The third kappa shape index (κ3) is 4.49. The summed E-state index contributed by atoms with van der Waals surface area (Å²) in [7, 11) is 1.58. The zero-order valence-corrected chi connectivity index (χ0v) is 12.8. The van der Waals surface area contributed by atoms with Crippen molar-refractivity contribution in [3.63, 3.8) is 0 Å². The molecule has 2 nitrogen and oxygen atoms in total. The zero-order chi connectivity index (χ0) is 16.2. The summed E-state index contributed by atoms with van der Waals surface area (Å²) in [5.41, 5.74) is -0.512. The molecule has 0 aliphatic heterocycles. The Morgan fingerprint density at radius 2 is 1.82 bits per heavy atom. The number of carbonyl (C=O) groups excluding carboxylic acids is 1. The molecule has 0 heterocycles. The molecule has 0 saturated heterocycles. The fourth-order valence-electron chi connectivity index (χ4n) is 3.07. The standard InChI is InChI=1S/C17H22F3NO/c1-21(16(22)11-13-7-3-2-4-8-13)12-14-9-5-6-10-15(14)17(18,19)20/h5-6,9-10,13H,2-4,7-8,11-12H2,1H3. The lowest BCUT2D eigenvalue weighted by Gasteiger charge is -2.25. The van der Waals surface area contributed by atoms with Gasteiger partial charge < -0.3 is 4.90 Å². The van der Waals surface area contributed by atoms with Gasteiger partial charge in [-0.05, 0) is 30.4 Å². The summed E-state index contributed by atoms with van der Waals surface area (Å²) in [6.07, 6.45) is 1.70. The second-order valence-corrected chi connectivity index (χ2v) is 6.11. The Labute approximate surface area is 129 Å². The average Bonchev–Trinajstić information content (AvgIpc) is 2.47. The smallest absolute Gasteiger partial charge is 0.341 e. The largest absolute Gasteiger partial charge is 0.416 e. The van der Waals surface area contributed by atoms with Crippen LogP contribution in [0.15, 0.2) is 24.3 Å².